The Morgan fingerprint density at radius 2 is 1.76 bits per heavy atom. The van der Waals surface area contributed by atoms with Gasteiger partial charge in [-0.05, 0) is 17.7 Å². The Morgan fingerprint density at radius 3 is 2.24 bits per heavy atom. The summed E-state index contributed by atoms with van der Waals surface area (Å²) < 4.78 is 3.56. The highest BCUT2D eigenvalue weighted by molar-refractivity contribution is 6.66. The molecule has 0 aliphatic heterocycles. The zero-order chi connectivity index (χ0) is 12.5. The molecule has 0 unspecified atom stereocenters. The maximum Gasteiger partial charge on any atom is 0.268 e. The number of nitrogens with zero attached hydrogens (tertiary/aromatic N) is 2. The topological polar surface area (TPSA) is 38.9 Å². The summed E-state index contributed by atoms with van der Waals surface area (Å²) in [5, 5.41) is 7.49. The van der Waals surface area contributed by atoms with Crippen LogP contribution in [0, 0.1) is 0 Å². The van der Waals surface area contributed by atoms with Crippen LogP contribution in [0.25, 0.3) is 17.5 Å². The summed E-state index contributed by atoms with van der Waals surface area (Å²) >= 11 is 16.9. The molecule has 2 aromatic rings. The molecule has 0 saturated heterocycles. The number of benzene rings is 1. The van der Waals surface area contributed by atoms with Gasteiger partial charge in [0.2, 0.25) is 5.89 Å². The van der Waals surface area contributed by atoms with Crippen molar-refractivity contribution in [3.63, 3.8) is 0 Å². The molecule has 1 aromatic heterocycles. The van der Waals surface area contributed by atoms with E-state index in [0.717, 1.165) is 11.1 Å². The van der Waals surface area contributed by atoms with Crippen LogP contribution >= 0.6 is 34.8 Å². The van der Waals surface area contributed by atoms with Crippen molar-refractivity contribution in [2.24, 2.45) is 0 Å². The highest BCUT2D eigenvalue weighted by atomic mass is 35.6. The van der Waals surface area contributed by atoms with Gasteiger partial charge in [-0.1, -0.05) is 59.6 Å². The first kappa shape index (κ1) is 12.4. The molecule has 17 heavy (non-hydrogen) atoms. The molecule has 0 N–H and O–H groups in total. The van der Waals surface area contributed by atoms with E-state index in [0.29, 0.717) is 5.89 Å². The molecule has 2 rings (SSSR count). The van der Waals surface area contributed by atoms with Gasteiger partial charge in [-0.2, -0.15) is 0 Å². The van der Waals surface area contributed by atoms with Gasteiger partial charge in [0.25, 0.3) is 9.68 Å². The van der Waals surface area contributed by atoms with E-state index in [4.69, 9.17) is 39.2 Å². The largest absolute Gasteiger partial charge is 0.416 e. The predicted molar refractivity (Wildman–Crippen MR) is 69.1 cm³/mol. The van der Waals surface area contributed by atoms with Crippen molar-refractivity contribution >= 4 is 40.9 Å². The highest BCUT2D eigenvalue weighted by Gasteiger charge is 2.30. The first-order valence-electron chi connectivity index (χ1n) is 4.64. The summed E-state index contributed by atoms with van der Waals surface area (Å²) in [7, 11) is 0. The van der Waals surface area contributed by atoms with Crippen molar-refractivity contribution in [2.75, 3.05) is 0 Å². The molecule has 3 nitrogen and oxygen atoms in total. The average molecular weight is 290 g/mol. The first-order valence-corrected chi connectivity index (χ1v) is 5.77. The summed E-state index contributed by atoms with van der Waals surface area (Å²) in [5.74, 6) is 0.257. The smallest absolute Gasteiger partial charge is 0.268 e. The van der Waals surface area contributed by atoms with Crippen molar-refractivity contribution in [1.82, 2.24) is 10.2 Å². The maximum atomic E-state index is 5.63. The van der Waals surface area contributed by atoms with Crippen molar-refractivity contribution in [3.8, 4) is 11.5 Å². The van der Waals surface area contributed by atoms with E-state index in [2.05, 4.69) is 16.8 Å². The van der Waals surface area contributed by atoms with E-state index in [1.807, 2.05) is 24.3 Å². The van der Waals surface area contributed by atoms with Crippen LogP contribution < -0.4 is 0 Å². The Balaban J connectivity index is 2.33. The Morgan fingerprint density at radius 1 is 1.12 bits per heavy atom. The molecule has 0 aliphatic rings. The van der Waals surface area contributed by atoms with Crippen molar-refractivity contribution in [3.05, 3.63) is 42.3 Å². The number of alkyl halides is 3. The van der Waals surface area contributed by atoms with E-state index in [-0.39, 0.29) is 5.89 Å². The van der Waals surface area contributed by atoms with Crippen molar-refractivity contribution < 1.29 is 4.42 Å². The highest BCUT2D eigenvalue weighted by Crippen LogP contribution is 2.38. The lowest BCUT2D eigenvalue weighted by molar-refractivity contribution is 0.514. The molecule has 88 valence electrons. The SMILES string of the molecule is C=Cc1ccc(-c2nnc(C(Cl)(Cl)Cl)o2)cc1. The Kier molecular flexibility index (Phi) is 3.43. The van der Waals surface area contributed by atoms with Gasteiger partial charge in [0.1, 0.15) is 0 Å². The number of aromatic nitrogens is 2. The van der Waals surface area contributed by atoms with Crippen molar-refractivity contribution in [2.45, 2.75) is 3.79 Å². The van der Waals surface area contributed by atoms with Gasteiger partial charge in [-0.3, -0.25) is 0 Å². The van der Waals surface area contributed by atoms with Crippen LogP contribution in [-0.4, -0.2) is 10.2 Å². The zero-order valence-electron chi connectivity index (χ0n) is 8.53. The van der Waals surface area contributed by atoms with E-state index >= 15 is 0 Å². The van der Waals surface area contributed by atoms with Gasteiger partial charge < -0.3 is 4.42 Å². The maximum absolute atomic E-state index is 5.63. The molecular formula is C11H7Cl3N2O. The Labute approximate surface area is 113 Å². The van der Waals surface area contributed by atoms with Crippen molar-refractivity contribution in [1.29, 1.82) is 0 Å². The molecule has 1 aromatic carbocycles. The lowest BCUT2D eigenvalue weighted by atomic mass is 10.1. The fraction of sp³-hybridized carbons (Fsp3) is 0.0909. The third-order valence-corrected chi connectivity index (χ3v) is 2.55. The summed E-state index contributed by atoms with van der Waals surface area (Å²) in [4.78, 5) is 0. The second-order valence-electron chi connectivity index (χ2n) is 3.24. The van der Waals surface area contributed by atoms with Crippen LogP contribution in [0.4, 0.5) is 0 Å². The fourth-order valence-corrected chi connectivity index (χ4v) is 1.45. The van der Waals surface area contributed by atoms with Gasteiger partial charge >= 0.3 is 0 Å². The van der Waals surface area contributed by atoms with Gasteiger partial charge in [0.05, 0.1) is 0 Å². The second kappa shape index (κ2) is 4.69. The number of rotatable bonds is 2. The monoisotopic (exact) mass is 288 g/mol. The summed E-state index contributed by atoms with van der Waals surface area (Å²) in [6.07, 6.45) is 1.74. The number of hydrogen-bond donors (Lipinski definition) is 0. The molecule has 0 fully saturated rings. The first-order chi connectivity index (χ1) is 8.00. The minimum atomic E-state index is -1.70. The zero-order valence-corrected chi connectivity index (χ0v) is 10.8. The molecular weight excluding hydrogens is 282 g/mol. The molecule has 0 radical (unpaired) electrons. The summed E-state index contributed by atoms with van der Waals surface area (Å²) in [5.41, 5.74) is 1.75. The molecule has 0 saturated carbocycles. The lowest BCUT2D eigenvalue weighted by Gasteiger charge is -2.02. The van der Waals surface area contributed by atoms with Gasteiger partial charge in [-0.25, -0.2) is 0 Å². The van der Waals surface area contributed by atoms with E-state index < -0.39 is 3.79 Å². The van der Waals surface area contributed by atoms with Crippen LogP contribution in [0.3, 0.4) is 0 Å². The second-order valence-corrected chi connectivity index (χ2v) is 5.52. The summed E-state index contributed by atoms with van der Waals surface area (Å²) in [6.45, 7) is 3.67. The third-order valence-electron chi connectivity index (χ3n) is 2.06. The van der Waals surface area contributed by atoms with Gasteiger partial charge in [0.15, 0.2) is 0 Å². The van der Waals surface area contributed by atoms with E-state index in [1.165, 1.54) is 0 Å². The number of halogens is 3. The summed E-state index contributed by atoms with van der Waals surface area (Å²) in [6, 6.07) is 7.41. The molecule has 6 heteroatoms. The molecule has 0 atom stereocenters. The van der Waals surface area contributed by atoms with Crippen LogP contribution in [-0.2, 0) is 3.79 Å². The van der Waals surface area contributed by atoms with Crippen LogP contribution in [0.2, 0.25) is 0 Å². The Bertz CT molecular complexity index is 528. The molecule has 0 spiro atoms. The molecule has 0 bridgehead atoms. The van der Waals surface area contributed by atoms with Crippen LogP contribution in [0.1, 0.15) is 11.5 Å². The van der Waals surface area contributed by atoms with Gasteiger partial charge in [0, 0.05) is 5.56 Å². The van der Waals surface area contributed by atoms with Gasteiger partial charge in [-0.15, -0.1) is 10.2 Å². The van der Waals surface area contributed by atoms with E-state index in [1.54, 1.807) is 6.08 Å². The molecule has 0 aliphatic carbocycles. The lowest BCUT2D eigenvalue weighted by Crippen LogP contribution is -1.99. The average Bonchev–Trinajstić information content (AvgIpc) is 2.78. The standard InChI is InChI=1S/C11H7Cl3N2O/c1-2-7-3-5-8(6-4-7)9-15-16-10(17-9)11(12,13)14/h2-6H,1H2. The minimum Gasteiger partial charge on any atom is -0.416 e. The minimum absolute atomic E-state index is 0.0507. The van der Waals surface area contributed by atoms with Crippen LogP contribution in [0.15, 0.2) is 35.3 Å². The third kappa shape index (κ3) is 2.80. The quantitative estimate of drug-likeness (QED) is 0.778. The fourth-order valence-electron chi connectivity index (χ4n) is 1.22. The number of hydrogen-bond acceptors (Lipinski definition) is 3. The predicted octanol–water partition coefficient (Wildman–Crippen LogP) is 4.21. The van der Waals surface area contributed by atoms with Crippen LogP contribution in [0.5, 0.6) is 0 Å². The molecule has 1 heterocycles. The van der Waals surface area contributed by atoms with E-state index in [9.17, 15) is 0 Å². The normalized spacial score (nSPS) is 11.5. The molecule has 0 amide bonds. The Hall–Kier alpha value is -1.03.